The zero-order valence-electron chi connectivity index (χ0n) is 30.5. The molecule has 23 heteroatoms. The van der Waals surface area contributed by atoms with Crippen LogP contribution >= 0.6 is 0 Å². The second kappa shape index (κ2) is 22.3. The number of carboxylic acids is 1. The van der Waals surface area contributed by atoms with Crippen molar-refractivity contribution >= 4 is 5.97 Å². The molecule has 4 aliphatic heterocycles. The van der Waals surface area contributed by atoms with Crippen molar-refractivity contribution in [3.63, 3.8) is 0 Å². The van der Waals surface area contributed by atoms with E-state index >= 15 is 0 Å². The summed E-state index contributed by atoms with van der Waals surface area (Å²) in [6, 6.07) is 0. The Morgan fingerprint density at radius 3 is 1.34 bits per heavy atom. The Bertz CT molecular complexity index is 1150. The van der Waals surface area contributed by atoms with Crippen LogP contribution in [0, 0.1) is 0 Å². The lowest BCUT2D eigenvalue weighted by Crippen LogP contribution is -2.68. The number of aliphatic hydroxyl groups is 13. The van der Waals surface area contributed by atoms with E-state index in [1.54, 1.807) is 0 Å². The van der Waals surface area contributed by atoms with Gasteiger partial charge in [-0.2, -0.15) is 0 Å². The van der Waals surface area contributed by atoms with Crippen LogP contribution in [0.5, 0.6) is 0 Å². The SMILES string of the molecule is O=C(O)CCCCCCCCO[C@H]1O[C@H](CO)[C@@H](O)[C@H](O)[C@@H]1O[C@H]1O[C@H](CO)[C@@H](O)[C@H](O)[C@@H]1O[C@H]1O[C@H](CO)[C@@H](O)[C@H](O[C@H]2O[C@H](CO)[C@@H](O)[C@H](O)[C@@H]2O)[C@@H]1O. The smallest absolute Gasteiger partial charge is 0.303 e. The molecule has 0 saturated carbocycles. The summed E-state index contributed by atoms with van der Waals surface area (Å²) in [5.41, 5.74) is 0. The fraction of sp³-hybridized carbons (Fsp3) is 0.970. The standard InChI is InChI=1S/C33H58O23/c34-9-13-18(40)22(44)25(47)30(50-13)54-27-21(43)16(12-37)51-31(26(27)48)55-29-24(46)20(42)15(11-36)53-33(29)56-28-23(45)19(41)14(10-35)52-32(28)49-8-6-4-2-1-3-5-7-17(38)39/h13-16,18-37,40-48H,1-12H2,(H,38,39)/t13-,14-,15-,16-,18-,19-,20-,21-,22+,23+,24+,25+,26+,27+,28+,29+,30-,31-,32+,33-/m1/s1. The molecule has 0 bridgehead atoms. The molecule has 56 heavy (non-hydrogen) atoms. The van der Waals surface area contributed by atoms with Gasteiger partial charge in [0.2, 0.25) is 0 Å². The van der Waals surface area contributed by atoms with E-state index in [0.29, 0.717) is 19.3 Å². The molecule has 4 aliphatic rings. The van der Waals surface area contributed by atoms with Gasteiger partial charge < -0.3 is 109 Å². The Kier molecular flexibility index (Phi) is 18.8. The van der Waals surface area contributed by atoms with Crippen molar-refractivity contribution in [1.82, 2.24) is 0 Å². The van der Waals surface area contributed by atoms with E-state index in [0.717, 1.165) is 19.3 Å². The number of unbranched alkanes of at least 4 members (excludes halogenated alkanes) is 5. The monoisotopic (exact) mass is 822 g/mol. The van der Waals surface area contributed by atoms with Gasteiger partial charge in [0.25, 0.3) is 0 Å². The molecule has 20 atom stereocenters. The van der Waals surface area contributed by atoms with E-state index in [2.05, 4.69) is 0 Å². The van der Waals surface area contributed by atoms with Crippen molar-refractivity contribution in [1.29, 1.82) is 0 Å². The van der Waals surface area contributed by atoms with Gasteiger partial charge in [0, 0.05) is 13.0 Å². The summed E-state index contributed by atoms with van der Waals surface area (Å²) in [4.78, 5) is 10.7. The average molecular weight is 823 g/mol. The molecule has 14 N–H and O–H groups in total. The van der Waals surface area contributed by atoms with E-state index in [-0.39, 0.29) is 13.0 Å². The van der Waals surface area contributed by atoms with Crippen LogP contribution in [-0.4, -0.2) is 233 Å². The molecule has 0 radical (unpaired) electrons. The Hall–Kier alpha value is -1.37. The number of rotatable bonds is 20. The van der Waals surface area contributed by atoms with Gasteiger partial charge >= 0.3 is 5.97 Å². The van der Waals surface area contributed by atoms with E-state index in [9.17, 15) is 71.2 Å². The number of hydrogen-bond acceptors (Lipinski definition) is 22. The predicted molar refractivity (Wildman–Crippen MR) is 178 cm³/mol. The minimum Gasteiger partial charge on any atom is -0.481 e. The highest BCUT2D eigenvalue weighted by molar-refractivity contribution is 5.66. The second-order valence-corrected chi connectivity index (χ2v) is 14.3. The molecular formula is C33H58O23. The molecule has 0 aromatic heterocycles. The number of carboxylic acid groups (broad SMARTS) is 1. The Morgan fingerprint density at radius 1 is 0.411 bits per heavy atom. The average Bonchev–Trinajstić information content (AvgIpc) is 3.18. The molecule has 0 aliphatic carbocycles. The molecule has 23 nitrogen and oxygen atoms in total. The fourth-order valence-electron chi connectivity index (χ4n) is 6.90. The van der Waals surface area contributed by atoms with Crippen LogP contribution < -0.4 is 0 Å². The Balaban J connectivity index is 1.50. The first-order valence-corrected chi connectivity index (χ1v) is 18.7. The van der Waals surface area contributed by atoms with Crippen molar-refractivity contribution in [2.24, 2.45) is 0 Å². The highest BCUT2D eigenvalue weighted by Crippen LogP contribution is 2.35. The van der Waals surface area contributed by atoms with Crippen molar-refractivity contribution in [3.05, 3.63) is 0 Å². The van der Waals surface area contributed by atoms with Crippen molar-refractivity contribution in [2.75, 3.05) is 33.0 Å². The van der Waals surface area contributed by atoms with Gasteiger partial charge in [-0.3, -0.25) is 4.79 Å². The number of aliphatic carboxylic acids is 1. The van der Waals surface area contributed by atoms with Crippen LogP contribution in [0.3, 0.4) is 0 Å². The third-order valence-electron chi connectivity index (χ3n) is 10.3. The van der Waals surface area contributed by atoms with Crippen molar-refractivity contribution in [2.45, 2.75) is 168 Å². The third-order valence-corrected chi connectivity index (χ3v) is 10.3. The molecular weight excluding hydrogens is 764 g/mol. The topological polar surface area (TPSA) is 374 Å². The van der Waals surface area contributed by atoms with Crippen LogP contribution in [0.15, 0.2) is 0 Å². The Morgan fingerprint density at radius 2 is 0.804 bits per heavy atom. The lowest BCUT2D eigenvalue weighted by atomic mass is 9.96. The molecule has 0 unspecified atom stereocenters. The van der Waals surface area contributed by atoms with Gasteiger partial charge in [0.15, 0.2) is 25.2 Å². The molecule has 0 spiro atoms. The van der Waals surface area contributed by atoms with Crippen LogP contribution in [0.4, 0.5) is 0 Å². The molecule has 328 valence electrons. The summed E-state index contributed by atoms with van der Waals surface area (Å²) < 4.78 is 45.5. The molecule has 4 saturated heterocycles. The fourth-order valence-corrected chi connectivity index (χ4v) is 6.90. The van der Waals surface area contributed by atoms with Crippen LogP contribution in [0.1, 0.15) is 44.9 Å². The molecule has 0 aromatic carbocycles. The summed E-state index contributed by atoms with van der Waals surface area (Å²) in [6.07, 6.45) is -31.4. The number of aliphatic hydroxyl groups excluding tert-OH is 13. The van der Waals surface area contributed by atoms with Gasteiger partial charge in [0.05, 0.1) is 26.4 Å². The maximum Gasteiger partial charge on any atom is 0.303 e. The minimum atomic E-state index is -2.08. The van der Waals surface area contributed by atoms with Gasteiger partial charge in [-0.25, -0.2) is 0 Å². The molecule has 4 rings (SSSR count). The maximum atomic E-state index is 11.3. The lowest BCUT2D eigenvalue weighted by Gasteiger charge is -2.49. The summed E-state index contributed by atoms with van der Waals surface area (Å²) >= 11 is 0. The first kappa shape index (κ1) is 47.3. The number of hydrogen-bond donors (Lipinski definition) is 14. The highest BCUT2D eigenvalue weighted by Gasteiger charge is 2.55. The summed E-state index contributed by atoms with van der Waals surface area (Å²) in [7, 11) is 0. The zero-order chi connectivity index (χ0) is 41.3. The van der Waals surface area contributed by atoms with E-state index < -0.39 is 155 Å². The number of carbonyl (C=O) groups is 1. The molecule has 0 aromatic rings. The normalized spacial score (nSPS) is 44.8. The van der Waals surface area contributed by atoms with Crippen molar-refractivity contribution < 1.29 is 114 Å². The lowest BCUT2D eigenvalue weighted by molar-refractivity contribution is -0.401. The van der Waals surface area contributed by atoms with E-state index in [1.807, 2.05) is 0 Å². The van der Waals surface area contributed by atoms with Gasteiger partial charge in [-0.15, -0.1) is 0 Å². The van der Waals surface area contributed by atoms with Crippen LogP contribution in [0.2, 0.25) is 0 Å². The zero-order valence-corrected chi connectivity index (χ0v) is 30.5. The first-order chi connectivity index (χ1) is 26.7. The maximum absolute atomic E-state index is 11.3. The van der Waals surface area contributed by atoms with E-state index in [4.69, 9.17) is 43.0 Å². The van der Waals surface area contributed by atoms with Gasteiger partial charge in [0.1, 0.15) is 97.7 Å². The van der Waals surface area contributed by atoms with Crippen LogP contribution in [-0.2, 0) is 42.7 Å². The minimum absolute atomic E-state index is 0.0372. The quantitative estimate of drug-likeness (QED) is 0.0507. The van der Waals surface area contributed by atoms with Crippen molar-refractivity contribution in [3.8, 4) is 0 Å². The Labute approximate surface area is 321 Å². The largest absolute Gasteiger partial charge is 0.481 e. The molecule has 0 amide bonds. The summed E-state index contributed by atoms with van der Waals surface area (Å²) in [6.45, 7) is -3.30. The van der Waals surface area contributed by atoms with Gasteiger partial charge in [-0.05, 0) is 12.8 Å². The summed E-state index contributed by atoms with van der Waals surface area (Å²) in [5, 5.41) is 145. The summed E-state index contributed by atoms with van der Waals surface area (Å²) in [5.74, 6) is -0.867. The highest BCUT2D eigenvalue weighted by atomic mass is 16.8. The second-order valence-electron chi connectivity index (χ2n) is 14.3. The van der Waals surface area contributed by atoms with Gasteiger partial charge in [-0.1, -0.05) is 25.7 Å². The third kappa shape index (κ3) is 11.5. The van der Waals surface area contributed by atoms with Crippen LogP contribution in [0.25, 0.3) is 0 Å². The first-order valence-electron chi connectivity index (χ1n) is 18.7. The van der Waals surface area contributed by atoms with E-state index in [1.165, 1.54) is 0 Å². The predicted octanol–water partition coefficient (Wildman–Crippen LogP) is -6.91. The molecule has 4 heterocycles. The molecule has 4 fully saturated rings. The number of ether oxygens (including phenoxy) is 8.